The van der Waals surface area contributed by atoms with E-state index in [2.05, 4.69) is 11.9 Å². The maximum Gasteiger partial charge on any atom is 0.222 e. The quantitative estimate of drug-likeness (QED) is 0.537. The number of rotatable bonds is 5. The van der Waals surface area contributed by atoms with Crippen molar-refractivity contribution in [1.82, 2.24) is 5.32 Å². The Kier molecular flexibility index (Phi) is 5.30. The van der Waals surface area contributed by atoms with Gasteiger partial charge in [-0.25, -0.2) is 0 Å². The molecule has 3 heteroatoms. The summed E-state index contributed by atoms with van der Waals surface area (Å²) in [5, 5.41) is 2.84. The van der Waals surface area contributed by atoms with Gasteiger partial charge in [-0.15, -0.1) is 6.58 Å². The maximum absolute atomic E-state index is 11.4. The highest BCUT2D eigenvalue weighted by Crippen LogP contribution is 2.15. The number of nitrogens with one attached hydrogen (secondary N) is 1. The number of amides is 1. The molecule has 1 amide bonds. The van der Waals surface area contributed by atoms with Gasteiger partial charge in [-0.1, -0.05) is 6.08 Å². The molecular weight excluding hydrogens is 178 g/mol. The monoisotopic (exact) mass is 197 g/mol. The molecule has 1 rings (SSSR count). The van der Waals surface area contributed by atoms with Crippen LogP contribution in [0.3, 0.4) is 0 Å². The van der Waals surface area contributed by atoms with Crippen LogP contribution in [0.2, 0.25) is 0 Å². The van der Waals surface area contributed by atoms with Crippen LogP contribution in [-0.2, 0) is 9.53 Å². The summed E-state index contributed by atoms with van der Waals surface area (Å²) in [4.78, 5) is 11.4. The van der Waals surface area contributed by atoms with Gasteiger partial charge in [0.05, 0.1) is 12.5 Å². The lowest BCUT2D eigenvalue weighted by Gasteiger charge is -2.21. The molecule has 0 bridgehead atoms. The standard InChI is InChI=1S/C11H19NO2/c1-2-3-7-12-11(13)9-10-6-4-5-8-14-10/h2,10H,1,3-9H2,(H,12,13). The zero-order valence-corrected chi connectivity index (χ0v) is 8.63. The van der Waals surface area contributed by atoms with Crippen LogP contribution < -0.4 is 5.32 Å². The molecule has 1 N–H and O–H groups in total. The Morgan fingerprint density at radius 3 is 3.07 bits per heavy atom. The van der Waals surface area contributed by atoms with Crippen molar-refractivity contribution in [3.63, 3.8) is 0 Å². The molecule has 1 unspecified atom stereocenters. The molecule has 3 nitrogen and oxygen atoms in total. The number of carbonyl (C=O) groups excluding carboxylic acids is 1. The Morgan fingerprint density at radius 2 is 2.43 bits per heavy atom. The van der Waals surface area contributed by atoms with Gasteiger partial charge in [0.25, 0.3) is 0 Å². The van der Waals surface area contributed by atoms with Gasteiger partial charge in [0.2, 0.25) is 5.91 Å². The Hall–Kier alpha value is -0.830. The van der Waals surface area contributed by atoms with Crippen molar-refractivity contribution in [1.29, 1.82) is 0 Å². The topological polar surface area (TPSA) is 38.3 Å². The number of hydrogen-bond donors (Lipinski definition) is 1. The van der Waals surface area contributed by atoms with E-state index in [1.807, 2.05) is 0 Å². The highest BCUT2D eigenvalue weighted by Gasteiger charge is 2.16. The van der Waals surface area contributed by atoms with Crippen molar-refractivity contribution < 1.29 is 9.53 Å². The zero-order chi connectivity index (χ0) is 10.2. The lowest BCUT2D eigenvalue weighted by Crippen LogP contribution is -2.30. The fraction of sp³-hybridized carbons (Fsp3) is 0.727. The molecule has 1 saturated heterocycles. The molecule has 1 heterocycles. The highest BCUT2D eigenvalue weighted by molar-refractivity contribution is 5.76. The van der Waals surface area contributed by atoms with Crippen molar-refractivity contribution in [3.05, 3.63) is 12.7 Å². The second kappa shape index (κ2) is 6.60. The Morgan fingerprint density at radius 1 is 1.57 bits per heavy atom. The van der Waals surface area contributed by atoms with Gasteiger partial charge in [-0.2, -0.15) is 0 Å². The molecule has 1 fully saturated rings. The first kappa shape index (κ1) is 11.2. The average Bonchev–Trinajstić information content (AvgIpc) is 2.20. The molecule has 0 saturated carbocycles. The fourth-order valence-electron chi connectivity index (χ4n) is 1.56. The van der Waals surface area contributed by atoms with Crippen molar-refractivity contribution in [2.45, 2.75) is 38.2 Å². The fourth-order valence-corrected chi connectivity index (χ4v) is 1.56. The molecule has 0 spiro atoms. The largest absolute Gasteiger partial charge is 0.378 e. The van der Waals surface area contributed by atoms with E-state index in [1.54, 1.807) is 6.08 Å². The third kappa shape index (κ3) is 4.42. The molecule has 0 aromatic rings. The van der Waals surface area contributed by atoms with E-state index in [0.717, 1.165) is 25.9 Å². The smallest absolute Gasteiger partial charge is 0.222 e. The first-order chi connectivity index (χ1) is 6.83. The Labute approximate surface area is 85.5 Å². The minimum atomic E-state index is 0.0961. The van der Waals surface area contributed by atoms with E-state index in [9.17, 15) is 4.79 Å². The summed E-state index contributed by atoms with van der Waals surface area (Å²) in [6.07, 6.45) is 6.63. The lowest BCUT2D eigenvalue weighted by molar-refractivity contribution is -0.124. The van der Waals surface area contributed by atoms with E-state index in [0.29, 0.717) is 13.0 Å². The first-order valence-electron chi connectivity index (χ1n) is 5.32. The van der Waals surface area contributed by atoms with E-state index < -0.39 is 0 Å². The van der Waals surface area contributed by atoms with Gasteiger partial charge >= 0.3 is 0 Å². The summed E-state index contributed by atoms with van der Waals surface area (Å²) in [5.74, 6) is 0.0961. The van der Waals surface area contributed by atoms with Gasteiger partial charge < -0.3 is 10.1 Å². The third-order valence-corrected chi connectivity index (χ3v) is 2.36. The second-order valence-electron chi connectivity index (χ2n) is 3.62. The average molecular weight is 197 g/mol. The van der Waals surface area contributed by atoms with Crippen LogP contribution in [0.5, 0.6) is 0 Å². The van der Waals surface area contributed by atoms with Crippen LogP contribution in [-0.4, -0.2) is 25.2 Å². The third-order valence-electron chi connectivity index (χ3n) is 2.36. The van der Waals surface area contributed by atoms with Crippen LogP contribution >= 0.6 is 0 Å². The molecule has 0 radical (unpaired) electrons. The van der Waals surface area contributed by atoms with Gasteiger partial charge in [0, 0.05) is 13.2 Å². The summed E-state index contributed by atoms with van der Waals surface area (Å²) in [7, 11) is 0. The first-order valence-corrected chi connectivity index (χ1v) is 5.32. The minimum absolute atomic E-state index is 0.0961. The van der Waals surface area contributed by atoms with E-state index in [1.165, 1.54) is 6.42 Å². The van der Waals surface area contributed by atoms with Crippen LogP contribution in [0, 0.1) is 0 Å². The molecule has 1 atom stereocenters. The van der Waals surface area contributed by atoms with Crippen molar-refractivity contribution in [2.24, 2.45) is 0 Å². The lowest BCUT2D eigenvalue weighted by atomic mass is 10.1. The van der Waals surface area contributed by atoms with Crippen molar-refractivity contribution in [2.75, 3.05) is 13.2 Å². The van der Waals surface area contributed by atoms with E-state index in [-0.39, 0.29) is 12.0 Å². The summed E-state index contributed by atoms with van der Waals surface area (Å²) < 4.78 is 5.47. The normalized spacial score (nSPS) is 21.6. The maximum atomic E-state index is 11.4. The summed E-state index contributed by atoms with van der Waals surface area (Å²) in [5.41, 5.74) is 0. The minimum Gasteiger partial charge on any atom is -0.378 e. The van der Waals surface area contributed by atoms with Gasteiger partial charge in [-0.3, -0.25) is 4.79 Å². The molecule has 1 aliphatic heterocycles. The molecular formula is C11H19NO2. The molecule has 1 aliphatic rings. The van der Waals surface area contributed by atoms with Crippen LogP contribution in [0.15, 0.2) is 12.7 Å². The SMILES string of the molecule is C=CCCNC(=O)CC1CCCCO1. The van der Waals surface area contributed by atoms with Gasteiger partial charge in [0.15, 0.2) is 0 Å². The predicted octanol–water partition coefficient (Wildman–Crippen LogP) is 1.64. The van der Waals surface area contributed by atoms with Crippen LogP contribution in [0.4, 0.5) is 0 Å². The Balaban J connectivity index is 2.09. The number of hydrogen-bond acceptors (Lipinski definition) is 2. The zero-order valence-electron chi connectivity index (χ0n) is 8.63. The second-order valence-corrected chi connectivity index (χ2v) is 3.62. The molecule has 14 heavy (non-hydrogen) atoms. The van der Waals surface area contributed by atoms with Crippen molar-refractivity contribution >= 4 is 5.91 Å². The summed E-state index contributed by atoms with van der Waals surface area (Å²) in [6.45, 7) is 5.10. The summed E-state index contributed by atoms with van der Waals surface area (Å²) in [6, 6.07) is 0. The predicted molar refractivity (Wildman–Crippen MR) is 56.0 cm³/mol. The van der Waals surface area contributed by atoms with Gasteiger partial charge in [-0.05, 0) is 25.7 Å². The Bertz CT molecular complexity index is 186. The molecule has 0 aliphatic carbocycles. The van der Waals surface area contributed by atoms with Crippen LogP contribution in [0.25, 0.3) is 0 Å². The van der Waals surface area contributed by atoms with E-state index in [4.69, 9.17) is 4.74 Å². The van der Waals surface area contributed by atoms with Crippen LogP contribution in [0.1, 0.15) is 32.1 Å². The molecule has 80 valence electrons. The molecule has 0 aromatic heterocycles. The van der Waals surface area contributed by atoms with Crippen molar-refractivity contribution in [3.8, 4) is 0 Å². The summed E-state index contributed by atoms with van der Waals surface area (Å²) >= 11 is 0. The van der Waals surface area contributed by atoms with Gasteiger partial charge in [0.1, 0.15) is 0 Å². The van der Waals surface area contributed by atoms with E-state index >= 15 is 0 Å². The number of carbonyl (C=O) groups is 1. The number of ether oxygens (including phenoxy) is 1. The highest BCUT2D eigenvalue weighted by atomic mass is 16.5. The molecule has 0 aromatic carbocycles.